The van der Waals surface area contributed by atoms with E-state index in [1.54, 1.807) is 0 Å². The number of nitrogens with one attached hydrogen (secondary N) is 1. The highest BCUT2D eigenvalue weighted by Crippen LogP contribution is 2.60. The minimum atomic E-state index is 0.0302. The molecular formula is C16H26N2O. The van der Waals surface area contributed by atoms with E-state index in [-0.39, 0.29) is 6.04 Å². The lowest BCUT2D eigenvalue weighted by Crippen LogP contribution is -2.58. The summed E-state index contributed by atoms with van der Waals surface area (Å²) in [5.74, 6) is 3.30. The summed E-state index contributed by atoms with van der Waals surface area (Å²) >= 11 is 0. The smallest absolute Gasteiger partial charge is 0.239 e. The summed E-state index contributed by atoms with van der Waals surface area (Å²) in [7, 11) is 0. The number of carbonyl (C=O) groups is 1. The molecule has 4 saturated carbocycles. The number of rotatable bonds is 2. The van der Waals surface area contributed by atoms with Gasteiger partial charge in [0.15, 0.2) is 0 Å². The van der Waals surface area contributed by atoms with Gasteiger partial charge in [-0.25, -0.2) is 0 Å². The molecule has 1 amide bonds. The van der Waals surface area contributed by atoms with Gasteiger partial charge in [-0.3, -0.25) is 4.79 Å². The molecule has 5 fully saturated rings. The van der Waals surface area contributed by atoms with Crippen LogP contribution in [0.15, 0.2) is 0 Å². The minimum Gasteiger partial charge on any atom is -0.340 e. The number of amides is 1. The topological polar surface area (TPSA) is 32.3 Å². The van der Waals surface area contributed by atoms with Gasteiger partial charge in [-0.1, -0.05) is 0 Å². The molecule has 3 nitrogen and oxygen atoms in total. The number of piperazine rings is 1. The van der Waals surface area contributed by atoms with Crippen LogP contribution in [0.25, 0.3) is 0 Å². The number of carbonyl (C=O) groups excluding carboxylic acids is 1. The first-order valence-corrected chi connectivity index (χ1v) is 8.16. The summed E-state index contributed by atoms with van der Waals surface area (Å²) < 4.78 is 0. The summed E-state index contributed by atoms with van der Waals surface area (Å²) in [5.41, 5.74) is 0.501. The molecule has 1 saturated heterocycles. The van der Waals surface area contributed by atoms with E-state index in [1.807, 2.05) is 6.92 Å². The van der Waals surface area contributed by atoms with Crippen molar-refractivity contribution in [2.24, 2.45) is 23.2 Å². The lowest BCUT2D eigenvalue weighted by Gasteiger charge is -2.58. The normalized spacial score (nSPS) is 48.9. The molecular weight excluding hydrogens is 236 g/mol. The van der Waals surface area contributed by atoms with E-state index in [9.17, 15) is 4.79 Å². The standard InChI is InChI=1S/C16H26N2O/c1-11-15(19)18(3-2-17-11)10-16-7-12-4-13(8-16)6-14(5-12)9-16/h11-14,17H,2-10H2,1H3. The lowest BCUT2D eigenvalue weighted by atomic mass is 9.49. The molecule has 1 unspecified atom stereocenters. The molecule has 19 heavy (non-hydrogen) atoms. The molecule has 3 heteroatoms. The van der Waals surface area contributed by atoms with Crippen LogP contribution in [0.1, 0.15) is 45.4 Å². The van der Waals surface area contributed by atoms with E-state index < -0.39 is 0 Å². The number of hydrogen-bond acceptors (Lipinski definition) is 2. The molecule has 1 heterocycles. The summed E-state index contributed by atoms with van der Waals surface area (Å²) in [6, 6.07) is 0.0302. The van der Waals surface area contributed by atoms with E-state index in [2.05, 4.69) is 10.2 Å². The molecule has 0 spiro atoms. The van der Waals surface area contributed by atoms with E-state index in [1.165, 1.54) is 38.5 Å². The van der Waals surface area contributed by atoms with Crippen LogP contribution in [-0.4, -0.2) is 36.5 Å². The van der Waals surface area contributed by atoms with Gasteiger partial charge in [0.05, 0.1) is 6.04 Å². The second-order valence-corrected chi connectivity index (χ2v) is 7.85. The average Bonchev–Trinajstić information content (AvgIpc) is 2.33. The summed E-state index contributed by atoms with van der Waals surface area (Å²) in [5, 5.41) is 3.28. The zero-order chi connectivity index (χ0) is 13.0. The Hall–Kier alpha value is -0.570. The van der Waals surface area contributed by atoms with Gasteiger partial charge in [-0.15, -0.1) is 0 Å². The maximum absolute atomic E-state index is 12.3. The molecule has 106 valence electrons. The molecule has 1 atom stereocenters. The van der Waals surface area contributed by atoms with Crippen LogP contribution in [0, 0.1) is 23.2 Å². The Balaban J connectivity index is 1.51. The lowest BCUT2D eigenvalue weighted by molar-refractivity contribution is -0.141. The van der Waals surface area contributed by atoms with Crippen molar-refractivity contribution in [3.8, 4) is 0 Å². The second kappa shape index (κ2) is 4.21. The van der Waals surface area contributed by atoms with Crippen molar-refractivity contribution in [2.75, 3.05) is 19.6 Å². The Morgan fingerprint density at radius 2 is 1.74 bits per heavy atom. The van der Waals surface area contributed by atoms with Crippen LogP contribution < -0.4 is 5.32 Å². The molecule has 1 N–H and O–H groups in total. The summed E-state index contributed by atoms with van der Waals surface area (Å²) in [6.45, 7) is 4.96. The predicted octanol–water partition coefficient (Wildman–Crippen LogP) is 2.02. The van der Waals surface area contributed by atoms with E-state index in [0.717, 1.165) is 37.4 Å². The SMILES string of the molecule is CC1NCCN(CC23CC4CC(CC(C4)C2)C3)C1=O. The van der Waals surface area contributed by atoms with Crippen LogP contribution in [-0.2, 0) is 4.79 Å². The molecule has 5 rings (SSSR count). The monoisotopic (exact) mass is 262 g/mol. The van der Waals surface area contributed by atoms with Crippen molar-refractivity contribution < 1.29 is 4.79 Å². The highest BCUT2D eigenvalue weighted by Gasteiger charge is 2.51. The van der Waals surface area contributed by atoms with Crippen molar-refractivity contribution in [3.05, 3.63) is 0 Å². The van der Waals surface area contributed by atoms with Gasteiger partial charge in [-0.2, -0.15) is 0 Å². The van der Waals surface area contributed by atoms with Crippen LogP contribution in [0.3, 0.4) is 0 Å². The van der Waals surface area contributed by atoms with Crippen molar-refractivity contribution in [1.82, 2.24) is 10.2 Å². The fourth-order valence-corrected chi connectivity index (χ4v) is 5.93. The predicted molar refractivity (Wildman–Crippen MR) is 74.6 cm³/mol. The highest BCUT2D eigenvalue weighted by atomic mass is 16.2. The van der Waals surface area contributed by atoms with Crippen molar-refractivity contribution in [1.29, 1.82) is 0 Å². The maximum Gasteiger partial charge on any atom is 0.239 e. The number of hydrogen-bond donors (Lipinski definition) is 1. The summed E-state index contributed by atoms with van der Waals surface area (Å²) in [4.78, 5) is 14.5. The zero-order valence-corrected chi connectivity index (χ0v) is 12.0. The summed E-state index contributed by atoms with van der Waals surface area (Å²) in [6.07, 6.45) is 8.70. The van der Waals surface area contributed by atoms with Crippen molar-refractivity contribution >= 4 is 5.91 Å². The molecule has 0 aromatic heterocycles. The Bertz CT molecular complexity index is 357. The fourth-order valence-electron chi connectivity index (χ4n) is 5.93. The average molecular weight is 262 g/mol. The molecule has 4 aliphatic carbocycles. The van der Waals surface area contributed by atoms with Crippen LogP contribution in [0.2, 0.25) is 0 Å². The molecule has 0 aromatic carbocycles. The van der Waals surface area contributed by atoms with E-state index in [0.29, 0.717) is 11.3 Å². The van der Waals surface area contributed by atoms with Crippen LogP contribution in [0.4, 0.5) is 0 Å². The van der Waals surface area contributed by atoms with Gasteiger partial charge >= 0.3 is 0 Å². The third kappa shape index (κ3) is 2.01. The van der Waals surface area contributed by atoms with Gasteiger partial charge in [0.2, 0.25) is 5.91 Å². The first-order chi connectivity index (χ1) is 9.13. The van der Waals surface area contributed by atoms with Gasteiger partial charge in [-0.05, 0) is 68.6 Å². The Kier molecular flexibility index (Phi) is 2.70. The van der Waals surface area contributed by atoms with Crippen LogP contribution >= 0.6 is 0 Å². The Morgan fingerprint density at radius 3 is 2.32 bits per heavy atom. The van der Waals surface area contributed by atoms with Crippen LogP contribution in [0.5, 0.6) is 0 Å². The Morgan fingerprint density at radius 1 is 1.16 bits per heavy atom. The largest absolute Gasteiger partial charge is 0.340 e. The quantitative estimate of drug-likeness (QED) is 0.826. The fraction of sp³-hybridized carbons (Fsp3) is 0.938. The van der Waals surface area contributed by atoms with E-state index >= 15 is 0 Å². The van der Waals surface area contributed by atoms with Crippen molar-refractivity contribution in [2.45, 2.75) is 51.5 Å². The first kappa shape index (κ1) is 12.2. The van der Waals surface area contributed by atoms with Gasteiger partial charge in [0.25, 0.3) is 0 Å². The highest BCUT2D eigenvalue weighted by molar-refractivity contribution is 5.82. The second-order valence-electron chi connectivity index (χ2n) is 7.85. The molecule has 1 aliphatic heterocycles. The molecule has 5 aliphatic rings. The molecule has 0 radical (unpaired) electrons. The van der Waals surface area contributed by atoms with E-state index in [4.69, 9.17) is 0 Å². The third-order valence-electron chi connectivity index (χ3n) is 6.21. The molecule has 4 bridgehead atoms. The van der Waals surface area contributed by atoms with Gasteiger partial charge < -0.3 is 10.2 Å². The maximum atomic E-state index is 12.3. The zero-order valence-electron chi connectivity index (χ0n) is 12.0. The van der Waals surface area contributed by atoms with Gasteiger partial charge in [0.1, 0.15) is 0 Å². The Labute approximate surface area is 116 Å². The van der Waals surface area contributed by atoms with Gasteiger partial charge in [0, 0.05) is 19.6 Å². The minimum absolute atomic E-state index is 0.0302. The molecule has 0 aromatic rings. The third-order valence-corrected chi connectivity index (χ3v) is 6.21. The first-order valence-electron chi connectivity index (χ1n) is 8.16. The number of nitrogens with zero attached hydrogens (tertiary/aromatic N) is 1. The van der Waals surface area contributed by atoms with Crippen molar-refractivity contribution in [3.63, 3.8) is 0 Å².